The summed E-state index contributed by atoms with van der Waals surface area (Å²) in [5.41, 5.74) is -0.0961. The number of fused-ring (bicyclic) bond motifs is 1. The number of aryl methyl sites for hydroxylation is 1. The average molecular weight is 235 g/mol. The van der Waals surface area contributed by atoms with Gasteiger partial charge in [-0.05, 0) is 36.2 Å². The largest absolute Gasteiger partial charge is 0.418 e. The molecule has 0 bridgehead atoms. The zero-order valence-electron chi connectivity index (χ0n) is 7.61. The van der Waals surface area contributed by atoms with Crippen molar-refractivity contribution in [3.63, 3.8) is 0 Å². The third-order valence-corrected chi connectivity index (χ3v) is 2.19. The topological polar surface area (TPSA) is 28.7 Å². The van der Waals surface area contributed by atoms with Crippen LogP contribution >= 0.6 is 11.6 Å². The van der Waals surface area contributed by atoms with Gasteiger partial charge in [0.2, 0.25) is 5.28 Å². The molecule has 0 saturated heterocycles. The molecule has 0 aliphatic rings. The molecule has 1 heterocycles. The Bertz CT molecular complexity index is 516. The molecule has 2 aromatic rings. The lowest BCUT2D eigenvalue weighted by molar-refractivity contribution is -0.136. The van der Waals surface area contributed by atoms with E-state index >= 15 is 0 Å². The van der Waals surface area contributed by atoms with Gasteiger partial charge in [0.1, 0.15) is 5.52 Å². The number of aromatic nitrogens is 2. The van der Waals surface area contributed by atoms with Gasteiger partial charge in [-0.25, -0.2) is 4.98 Å². The first-order valence-electron chi connectivity index (χ1n) is 4.11. The lowest BCUT2D eigenvalue weighted by atomic mass is 10.1. The Balaban J connectivity index is 2.82. The summed E-state index contributed by atoms with van der Waals surface area (Å²) in [5, 5.41) is -0.0406. The molecule has 0 atom stereocenters. The van der Waals surface area contributed by atoms with E-state index in [2.05, 4.69) is 9.97 Å². The molecule has 0 aliphatic heterocycles. The van der Waals surface area contributed by atoms with Crippen molar-refractivity contribution in [1.82, 2.24) is 9.97 Å². The second-order valence-corrected chi connectivity index (χ2v) is 3.59. The van der Waals surface area contributed by atoms with Crippen LogP contribution in [0.2, 0.25) is 5.28 Å². The summed E-state index contributed by atoms with van der Waals surface area (Å²) in [6.45, 7) is 1.59. The van der Waals surface area contributed by atoms with E-state index in [1.807, 2.05) is 0 Å². The van der Waals surface area contributed by atoms with Gasteiger partial charge in [-0.3, -0.25) is 0 Å². The van der Waals surface area contributed by atoms with Crippen LogP contribution in [0.25, 0.3) is 11.0 Å². The van der Waals surface area contributed by atoms with Crippen LogP contribution in [0.5, 0.6) is 0 Å². The number of rotatable bonds is 0. The molecule has 0 radical (unpaired) electrons. The van der Waals surface area contributed by atoms with Crippen LogP contribution in [-0.2, 0) is 6.18 Å². The van der Waals surface area contributed by atoms with Crippen molar-refractivity contribution in [3.05, 3.63) is 28.5 Å². The Morgan fingerprint density at radius 2 is 2.00 bits per heavy atom. The lowest BCUT2D eigenvalue weighted by Gasteiger charge is -2.07. The summed E-state index contributed by atoms with van der Waals surface area (Å²) in [6, 6.07) is 2.63. The van der Waals surface area contributed by atoms with Crippen LogP contribution in [0, 0.1) is 6.92 Å². The molecule has 0 amide bonds. The van der Waals surface area contributed by atoms with Crippen LogP contribution in [0.1, 0.15) is 11.1 Å². The van der Waals surface area contributed by atoms with E-state index in [0.717, 1.165) is 6.07 Å². The van der Waals surface area contributed by atoms with Gasteiger partial charge in [-0.2, -0.15) is 13.2 Å². The Morgan fingerprint density at radius 3 is 2.60 bits per heavy atom. The number of hydrogen-bond donors (Lipinski definition) is 1. The molecule has 0 saturated carbocycles. The van der Waals surface area contributed by atoms with Crippen molar-refractivity contribution in [2.45, 2.75) is 13.1 Å². The third-order valence-electron chi connectivity index (χ3n) is 2.01. The number of nitrogens with zero attached hydrogens (tertiary/aromatic N) is 1. The highest BCUT2D eigenvalue weighted by Gasteiger charge is 2.34. The highest BCUT2D eigenvalue weighted by Crippen LogP contribution is 2.35. The molecule has 6 heteroatoms. The molecule has 0 aliphatic carbocycles. The molecule has 15 heavy (non-hydrogen) atoms. The summed E-state index contributed by atoms with van der Waals surface area (Å²) in [4.78, 5) is 6.18. The van der Waals surface area contributed by atoms with E-state index < -0.39 is 11.7 Å². The first-order chi connectivity index (χ1) is 6.88. The Hall–Kier alpha value is -1.23. The van der Waals surface area contributed by atoms with Gasteiger partial charge < -0.3 is 4.98 Å². The maximum absolute atomic E-state index is 12.6. The first kappa shape index (κ1) is 10.3. The molecular weight excluding hydrogens is 229 g/mol. The second kappa shape index (κ2) is 3.13. The Kier molecular flexibility index (Phi) is 2.15. The number of hydrogen-bond acceptors (Lipinski definition) is 1. The van der Waals surface area contributed by atoms with E-state index in [4.69, 9.17) is 11.6 Å². The molecular formula is C9H6ClF3N2. The van der Waals surface area contributed by atoms with Crippen LogP contribution in [-0.4, -0.2) is 9.97 Å². The molecule has 2 rings (SSSR count). The SMILES string of the molecule is Cc1cc(C(F)(F)F)c2nc(Cl)[nH]c2c1. The maximum Gasteiger partial charge on any atom is 0.418 e. The molecule has 80 valence electrons. The van der Waals surface area contributed by atoms with Gasteiger partial charge in [-0.15, -0.1) is 0 Å². The lowest BCUT2D eigenvalue weighted by Crippen LogP contribution is -2.06. The van der Waals surface area contributed by atoms with Crippen LogP contribution < -0.4 is 0 Å². The molecule has 0 unspecified atom stereocenters. The average Bonchev–Trinajstić information content (AvgIpc) is 2.41. The highest BCUT2D eigenvalue weighted by atomic mass is 35.5. The van der Waals surface area contributed by atoms with E-state index in [1.165, 1.54) is 0 Å². The van der Waals surface area contributed by atoms with Crippen molar-refractivity contribution in [3.8, 4) is 0 Å². The smallest absolute Gasteiger partial charge is 0.329 e. The minimum absolute atomic E-state index is 0.0406. The standard InChI is InChI=1S/C9H6ClF3N2/c1-4-2-5(9(11,12)13)7-6(3-4)14-8(10)15-7/h2-3H,1H3,(H,14,15). The zero-order chi connectivity index (χ0) is 11.2. The number of H-pyrrole nitrogens is 1. The summed E-state index contributed by atoms with van der Waals surface area (Å²) in [5.74, 6) is 0. The third kappa shape index (κ3) is 1.79. The van der Waals surface area contributed by atoms with Gasteiger partial charge >= 0.3 is 6.18 Å². The van der Waals surface area contributed by atoms with Gasteiger partial charge in [0.25, 0.3) is 0 Å². The number of imidazole rings is 1. The second-order valence-electron chi connectivity index (χ2n) is 3.23. The quantitative estimate of drug-likeness (QED) is 0.742. The fourth-order valence-electron chi connectivity index (χ4n) is 1.45. The minimum Gasteiger partial charge on any atom is -0.329 e. The fourth-order valence-corrected chi connectivity index (χ4v) is 1.63. The number of nitrogens with one attached hydrogen (secondary N) is 1. The Morgan fingerprint density at radius 1 is 1.33 bits per heavy atom. The normalized spacial score (nSPS) is 12.3. The predicted molar refractivity (Wildman–Crippen MR) is 50.8 cm³/mol. The van der Waals surface area contributed by atoms with Gasteiger partial charge in [0, 0.05) is 0 Å². The van der Waals surface area contributed by atoms with Crippen molar-refractivity contribution < 1.29 is 13.2 Å². The summed E-state index contributed by atoms with van der Waals surface area (Å²) >= 11 is 5.52. The fraction of sp³-hybridized carbons (Fsp3) is 0.222. The molecule has 1 N–H and O–H groups in total. The number of benzene rings is 1. The van der Waals surface area contributed by atoms with Crippen LogP contribution in [0.3, 0.4) is 0 Å². The van der Waals surface area contributed by atoms with E-state index in [-0.39, 0.29) is 10.8 Å². The maximum atomic E-state index is 12.6. The highest BCUT2D eigenvalue weighted by molar-refractivity contribution is 6.29. The molecule has 1 aromatic carbocycles. The van der Waals surface area contributed by atoms with E-state index in [1.54, 1.807) is 13.0 Å². The van der Waals surface area contributed by atoms with Crippen LogP contribution in [0.4, 0.5) is 13.2 Å². The van der Waals surface area contributed by atoms with Crippen molar-refractivity contribution in [2.75, 3.05) is 0 Å². The predicted octanol–water partition coefficient (Wildman–Crippen LogP) is 3.54. The number of alkyl halides is 3. The number of halogens is 4. The summed E-state index contributed by atoms with van der Waals surface area (Å²) in [6.07, 6.45) is -4.41. The number of aromatic amines is 1. The first-order valence-corrected chi connectivity index (χ1v) is 4.49. The zero-order valence-corrected chi connectivity index (χ0v) is 8.37. The van der Waals surface area contributed by atoms with E-state index in [0.29, 0.717) is 11.1 Å². The van der Waals surface area contributed by atoms with E-state index in [9.17, 15) is 13.2 Å². The monoisotopic (exact) mass is 234 g/mol. The Labute approximate surface area is 88.1 Å². The molecule has 1 aromatic heterocycles. The minimum atomic E-state index is -4.41. The summed E-state index contributed by atoms with van der Waals surface area (Å²) < 4.78 is 37.8. The van der Waals surface area contributed by atoms with Crippen molar-refractivity contribution in [2.24, 2.45) is 0 Å². The molecule has 0 spiro atoms. The summed E-state index contributed by atoms with van der Waals surface area (Å²) in [7, 11) is 0. The van der Waals surface area contributed by atoms with Crippen molar-refractivity contribution in [1.29, 1.82) is 0 Å². The van der Waals surface area contributed by atoms with Gasteiger partial charge in [0.15, 0.2) is 0 Å². The van der Waals surface area contributed by atoms with Crippen LogP contribution in [0.15, 0.2) is 12.1 Å². The molecule has 2 nitrogen and oxygen atoms in total. The van der Waals surface area contributed by atoms with Gasteiger partial charge in [-0.1, -0.05) is 0 Å². The van der Waals surface area contributed by atoms with Crippen molar-refractivity contribution >= 4 is 22.6 Å². The molecule has 0 fully saturated rings. The van der Waals surface area contributed by atoms with Gasteiger partial charge in [0.05, 0.1) is 11.1 Å².